The monoisotopic (exact) mass is 318 g/mol. The maximum absolute atomic E-state index is 13.7. The lowest BCUT2D eigenvalue weighted by atomic mass is 9.77. The molecule has 1 aliphatic carbocycles. The molecule has 1 amide bonds. The second-order valence-electron chi connectivity index (χ2n) is 7.09. The Morgan fingerprint density at radius 2 is 2.00 bits per heavy atom. The summed E-state index contributed by atoms with van der Waals surface area (Å²) in [6, 6.07) is 6.69. The molecule has 1 saturated heterocycles. The van der Waals surface area contributed by atoms with Crippen LogP contribution in [0.2, 0.25) is 0 Å². The van der Waals surface area contributed by atoms with Crippen molar-refractivity contribution in [2.24, 2.45) is 5.92 Å². The van der Waals surface area contributed by atoms with E-state index < -0.39 is 5.41 Å². The van der Waals surface area contributed by atoms with Gasteiger partial charge in [-0.15, -0.1) is 0 Å². The van der Waals surface area contributed by atoms with Gasteiger partial charge in [-0.25, -0.2) is 4.39 Å². The first kappa shape index (κ1) is 16.4. The summed E-state index contributed by atoms with van der Waals surface area (Å²) in [6.07, 6.45) is 5.94. The van der Waals surface area contributed by atoms with Crippen molar-refractivity contribution in [2.75, 3.05) is 26.7 Å². The van der Waals surface area contributed by atoms with Gasteiger partial charge in [0.2, 0.25) is 5.91 Å². The molecule has 3 rings (SSSR count). The van der Waals surface area contributed by atoms with Gasteiger partial charge < -0.3 is 10.2 Å². The van der Waals surface area contributed by atoms with Crippen molar-refractivity contribution in [3.63, 3.8) is 0 Å². The SMILES string of the molecule is CNCC1CCN(C(=O)C2(c3cccc(F)c3)CCCC2)CC1. The molecule has 1 aromatic rings. The maximum atomic E-state index is 13.7. The minimum atomic E-state index is -0.488. The minimum Gasteiger partial charge on any atom is -0.342 e. The fraction of sp³-hybridized carbons (Fsp3) is 0.632. The number of hydrogen-bond acceptors (Lipinski definition) is 2. The standard InChI is InChI=1S/C19H27FN2O/c1-21-14-15-7-11-22(12-8-15)18(23)19(9-2-3-10-19)16-5-4-6-17(20)13-16/h4-6,13,15,21H,2-3,7-12,14H2,1H3. The van der Waals surface area contributed by atoms with Crippen LogP contribution in [0.15, 0.2) is 24.3 Å². The highest BCUT2D eigenvalue weighted by Crippen LogP contribution is 2.43. The molecule has 23 heavy (non-hydrogen) atoms. The number of hydrogen-bond donors (Lipinski definition) is 1. The zero-order chi connectivity index (χ0) is 16.3. The number of piperidine rings is 1. The minimum absolute atomic E-state index is 0.225. The smallest absolute Gasteiger partial charge is 0.233 e. The van der Waals surface area contributed by atoms with Crippen molar-refractivity contribution in [3.05, 3.63) is 35.6 Å². The van der Waals surface area contributed by atoms with Crippen LogP contribution in [0.1, 0.15) is 44.1 Å². The highest BCUT2D eigenvalue weighted by Gasteiger charge is 2.45. The van der Waals surface area contributed by atoms with Gasteiger partial charge in [0.25, 0.3) is 0 Å². The van der Waals surface area contributed by atoms with E-state index in [0.29, 0.717) is 5.92 Å². The normalized spacial score (nSPS) is 21.6. The maximum Gasteiger partial charge on any atom is 0.233 e. The summed E-state index contributed by atoms with van der Waals surface area (Å²) in [5.74, 6) is 0.649. The van der Waals surface area contributed by atoms with Crippen molar-refractivity contribution >= 4 is 5.91 Å². The Hall–Kier alpha value is -1.42. The molecule has 0 radical (unpaired) electrons. The molecule has 1 heterocycles. The molecular formula is C19H27FN2O. The third-order valence-corrected chi connectivity index (χ3v) is 5.64. The average Bonchev–Trinajstić information content (AvgIpc) is 3.06. The number of rotatable bonds is 4. The first-order valence-electron chi connectivity index (χ1n) is 8.86. The molecule has 4 heteroatoms. The number of likely N-dealkylation sites (tertiary alicyclic amines) is 1. The highest BCUT2D eigenvalue weighted by atomic mass is 19.1. The quantitative estimate of drug-likeness (QED) is 0.925. The van der Waals surface area contributed by atoms with Gasteiger partial charge in [0.15, 0.2) is 0 Å². The third-order valence-electron chi connectivity index (χ3n) is 5.64. The van der Waals surface area contributed by atoms with Crippen LogP contribution < -0.4 is 5.32 Å². The fourth-order valence-corrected chi connectivity index (χ4v) is 4.32. The summed E-state index contributed by atoms with van der Waals surface area (Å²) in [5, 5.41) is 3.23. The zero-order valence-corrected chi connectivity index (χ0v) is 14.0. The summed E-state index contributed by atoms with van der Waals surface area (Å²) in [7, 11) is 1.98. The van der Waals surface area contributed by atoms with E-state index in [2.05, 4.69) is 5.32 Å². The molecule has 0 bridgehead atoms. The highest BCUT2D eigenvalue weighted by molar-refractivity contribution is 5.88. The van der Waals surface area contributed by atoms with Gasteiger partial charge >= 0.3 is 0 Å². The van der Waals surface area contributed by atoms with Crippen molar-refractivity contribution in [1.29, 1.82) is 0 Å². The molecule has 1 aromatic carbocycles. The van der Waals surface area contributed by atoms with E-state index in [1.165, 1.54) is 6.07 Å². The van der Waals surface area contributed by atoms with Gasteiger partial charge in [-0.05, 0) is 62.9 Å². The number of halogens is 1. The Balaban J connectivity index is 1.78. The molecule has 1 aliphatic heterocycles. The van der Waals surface area contributed by atoms with E-state index in [1.54, 1.807) is 12.1 Å². The molecule has 2 aliphatic rings. The van der Waals surface area contributed by atoms with Gasteiger partial charge in [0, 0.05) is 13.1 Å². The van der Waals surface area contributed by atoms with Crippen LogP contribution in [0.5, 0.6) is 0 Å². The lowest BCUT2D eigenvalue weighted by Crippen LogP contribution is -2.49. The molecular weight excluding hydrogens is 291 g/mol. The lowest BCUT2D eigenvalue weighted by Gasteiger charge is -2.39. The molecule has 3 nitrogen and oxygen atoms in total. The second kappa shape index (κ2) is 7.00. The van der Waals surface area contributed by atoms with Crippen LogP contribution in [-0.2, 0) is 10.2 Å². The summed E-state index contributed by atoms with van der Waals surface area (Å²) in [6.45, 7) is 2.70. The molecule has 1 saturated carbocycles. The summed E-state index contributed by atoms with van der Waals surface area (Å²) in [4.78, 5) is 15.3. The molecule has 0 unspecified atom stereocenters. The molecule has 0 atom stereocenters. The summed E-state index contributed by atoms with van der Waals surface area (Å²) in [5.41, 5.74) is 0.384. The molecule has 1 N–H and O–H groups in total. The number of nitrogens with zero attached hydrogens (tertiary/aromatic N) is 1. The van der Waals surface area contributed by atoms with Crippen LogP contribution >= 0.6 is 0 Å². The topological polar surface area (TPSA) is 32.3 Å². The van der Waals surface area contributed by atoms with Crippen LogP contribution in [0.3, 0.4) is 0 Å². The Morgan fingerprint density at radius 1 is 1.30 bits per heavy atom. The number of benzene rings is 1. The van der Waals surface area contributed by atoms with E-state index in [0.717, 1.165) is 63.7 Å². The number of amides is 1. The molecule has 0 spiro atoms. The Morgan fingerprint density at radius 3 is 2.61 bits per heavy atom. The fourth-order valence-electron chi connectivity index (χ4n) is 4.32. The molecule has 2 fully saturated rings. The number of nitrogens with one attached hydrogen (secondary N) is 1. The Kier molecular flexibility index (Phi) is 5.00. The van der Waals surface area contributed by atoms with Crippen molar-refractivity contribution in [2.45, 2.75) is 43.9 Å². The largest absolute Gasteiger partial charge is 0.342 e. The molecule has 0 aromatic heterocycles. The van der Waals surface area contributed by atoms with E-state index in [4.69, 9.17) is 0 Å². The van der Waals surface area contributed by atoms with E-state index in [-0.39, 0.29) is 11.7 Å². The average molecular weight is 318 g/mol. The van der Waals surface area contributed by atoms with E-state index >= 15 is 0 Å². The van der Waals surface area contributed by atoms with Crippen LogP contribution in [0.4, 0.5) is 4.39 Å². The Bertz CT molecular complexity index is 546. The Labute approximate surface area is 138 Å². The predicted molar refractivity (Wildman–Crippen MR) is 89.8 cm³/mol. The number of carbonyl (C=O) groups is 1. The van der Waals surface area contributed by atoms with E-state index in [1.807, 2.05) is 18.0 Å². The van der Waals surface area contributed by atoms with Crippen LogP contribution in [0, 0.1) is 11.7 Å². The first-order valence-corrected chi connectivity index (χ1v) is 8.86. The predicted octanol–water partition coefficient (Wildman–Crippen LogP) is 3.10. The van der Waals surface area contributed by atoms with Gasteiger partial charge in [-0.3, -0.25) is 4.79 Å². The van der Waals surface area contributed by atoms with Crippen molar-refractivity contribution in [1.82, 2.24) is 10.2 Å². The first-order chi connectivity index (χ1) is 11.2. The zero-order valence-electron chi connectivity index (χ0n) is 14.0. The molecule has 126 valence electrons. The van der Waals surface area contributed by atoms with Crippen molar-refractivity contribution in [3.8, 4) is 0 Å². The summed E-state index contributed by atoms with van der Waals surface area (Å²) < 4.78 is 13.7. The van der Waals surface area contributed by atoms with E-state index in [9.17, 15) is 9.18 Å². The van der Waals surface area contributed by atoms with Gasteiger partial charge in [-0.1, -0.05) is 25.0 Å². The third kappa shape index (κ3) is 3.27. The second-order valence-corrected chi connectivity index (χ2v) is 7.09. The van der Waals surface area contributed by atoms with Crippen LogP contribution in [0.25, 0.3) is 0 Å². The lowest BCUT2D eigenvalue weighted by molar-refractivity contribution is -0.138. The van der Waals surface area contributed by atoms with Gasteiger partial charge in [-0.2, -0.15) is 0 Å². The van der Waals surface area contributed by atoms with Crippen molar-refractivity contribution < 1.29 is 9.18 Å². The van der Waals surface area contributed by atoms with Gasteiger partial charge in [0.05, 0.1) is 5.41 Å². The van der Waals surface area contributed by atoms with Crippen LogP contribution in [-0.4, -0.2) is 37.5 Å². The van der Waals surface area contributed by atoms with Gasteiger partial charge in [0.1, 0.15) is 5.82 Å². The number of carbonyl (C=O) groups excluding carboxylic acids is 1. The summed E-state index contributed by atoms with van der Waals surface area (Å²) >= 11 is 0.